The Balaban J connectivity index is 1.82. The number of urea groups is 1. The molecule has 6 heteroatoms. The predicted octanol–water partition coefficient (Wildman–Crippen LogP) is 4.47. The number of amides is 2. The summed E-state index contributed by atoms with van der Waals surface area (Å²) in [5, 5.41) is 15.8. The molecule has 0 aliphatic heterocycles. The van der Waals surface area contributed by atoms with Gasteiger partial charge in [-0.05, 0) is 11.5 Å². The summed E-state index contributed by atoms with van der Waals surface area (Å²) in [7, 11) is 0. The van der Waals surface area contributed by atoms with E-state index in [0.29, 0.717) is 5.69 Å². The van der Waals surface area contributed by atoms with Crippen molar-refractivity contribution in [2.24, 2.45) is 0 Å². The summed E-state index contributed by atoms with van der Waals surface area (Å²) in [5.74, 6) is -3.37. The standard InChI is InChI=1S/C17H12F2N2O2/c18-13-8-11(9-14(19)16(13)22)20-17(23)21-15-7-3-5-10-4-1-2-6-12(10)15/h1-9,22H,(H2,20,21,23). The van der Waals surface area contributed by atoms with Crippen LogP contribution in [0.5, 0.6) is 5.75 Å². The van der Waals surface area contributed by atoms with Crippen molar-refractivity contribution < 1.29 is 18.7 Å². The number of halogens is 2. The summed E-state index contributed by atoms with van der Waals surface area (Å²) in [5.41, 5.74) is 0.468. The molecular weight excluding hydrogens is 302 g/mol. The number of anilines is 2. The zero-order valence-corrected chi connectivity index (χ0v) is 11.8. The Kier molecular flexibility index (Phi) is 3.80. The first-order chi connectivity index (χ1) is 11.0. The number of hydrogen-bond acceptors (Lipinski definition) is 2. The third-order valence-electron chi connectivity index (χ3n) is 3.31. The zero-order valence-electron chi connectivity index (χ0n) is 11.8. The average Bonchev–Trinajstić information content (AvgIpc) is 2.53. The third kappa shape index (κ3) is 3.06. The van der Waals surface area contributed by atoms with Gasteiger partial charge in [0.05, 0.1) is 5.69 Å². The Morgan fingerprint density at radius 3 is 2.30 bits per heavy atom. The molecule has 0 heterocycles. The summed E-state index contributed by atoms with van der Waals surface area (Å²) in [6.45, 7) is 0. The molecule has 0 unspecified atom stereocenters. The highest BCUT2D eigenvalue weighted by Crippen LogP contribution is 2.25. The monoisotopic (exact) mass is 314 g/mol. The van der Waals surface area contributed by atoms with Crippen molar-refractivity contribution in [3.05, 3.63) is 66.2 Å². The third-order valence-corrected chi connectivity index (χ3v) is 3.31. The number of aromatic hydroxyl groups is 1. The van der Waals surface area contributed by atoms with Crippen LogP contribution in [0.1, 0.15) is 0 Å². The Morgan fingerprint density at radius 1 is 0.913 bits per heavy atom. The highest BCUT2D eigenvalue weighted by molar-refractivity contribution is 6.06. The molecule has 0 fully saturated rings. The minimum Gasteiger partial charge on any atom is -0.503 e. The molecule has 0 spiro atoms. The fourth-order valence-corrected chi connectivity index (χ4v) is 2.26. The van der Waals surface area contributed by atoms with Crippen LogP contribution in [0, 0.1) is 11.6 Å². The highest BCUT2D eigenvalue weighted by Gasteiger charge is 2.12. The Hall–Kier alpha value is -3.15. The average molecular weight is 314 g/mol. The van der Waals surface area contributed by atoms with Crippen molar-refractivity contribution in [2.45, 2.75) is 0 Å². The van der Waals surface area contributed by atoms with Crippen LogP contribution < -0.4 is 10.6 Å². The molecule has 2 amide bonds. The van der Waals surface area contributed by atoms with Gasteiger partial charge < -0.3 is 15.7 Å². The number of rotatable bonds is 2. The van der Waals surface area contributed by atoms with E-state index in [1.54, 1.807) is 12.1 Å². The fraction of sp³-hybridized carbons (Fsp3) is 0. The first kappa shape index (κ1) is 14.8. The van der Waals surface area contributed by atoms with Crippen molar-refractivity contribution >= 4 is 28.2 Å². The van der Waals surface area contributed by atoms with Gasteiger partial charge in [0, 0.05) is 23.2 Å². The largest absolute Gasteiger partial charge is 0.503 e. The fourth-order valence-electron chi connectivity index (χ4n) is 2.26. The maximum Gasteiger partial charge on any atom is 0.323 e. The lowest BCUT2D eigenvalue weighted by Crippen LogP contribution is -2.19. The number of fused-ring (bicyclic) bond motifs is 1. The molecule has 0 aromatic heterocycles. The Bertz CT molecular complexity index is 868. The molecule has 0 aliphatic rings. The van der Waals surface area contributed by atoms with Crippen molar-refractivity contribution in [3.8, 4) is 5.75 Å². The van der Waals surface area contributed by atoms with E-state index in [2.05, 4.69) is 10.6 Å². The number of phenols is 1. The number of carbonyl (C=O) groups excluding carboxylic acids is 1. The SMILES string of the molecule is O=C(Nc1cc(F)c(O)c(F)c1)Nc1cccc2ccccc12. The van der Waals surface area contributed by atoms with Gasteiger partial charge in [0.15, 0.2) is 17.4 Å². The highest BCUT2D eigenvalue weighted by atomic mass is 19.1. The molecule has 0 saturated heterocycles. The van der Waals surface area contributed by atoms with Gasteiger partial charge in [-0.3, -0.25) is 0 Å². The van der Waals surface area contributed by atoms with E-state index >= 15 is 0 Å². The molecule has 3 aromatic rings. The van der Waals surface area contributed by atoms with Crippen LogP contribution in [0.15, 0.2) is 54.6 Å². The smallest absolute Gasteiger partial charge is 0.323 e. The lowest BCUT2D eigenvalue weighted by Gasteiger charge is -2.10. The molecule has 0 aliphatic carbocycles. The zero-order chi connectivity index (χ0) is 16.4. The Morgan fingerprint density at radius 2 is 1.57 bits per heavy atom. The molecule has 4 nitrogen and oxygen atoms in total. The maximum absolute atomic E-state index is 13.3. The summed E-state index contributed by atoms with van der Waals surface area (Å²) in [4.78, 5) is 12.0. The molecular formula is C17H12F2N2O2. The van der Waals surface area contributed by atoms with Gasteiger partial charge in [-0.1, -0.05) is 36.4 Å². The van der Waals surface area contributed by atoms with E-state index in [4.69, 9.17) is 5.11 Å². The van der Waals surface area contributed by atoms with Crippen LogP contribution in [0.25, 0.3) is 10.8 Å². The molecule has 23 heavy (non-hydrogen) atoms. The maximum atomic E-state index is 13.3. The van der Waals surface area contributed by atoms with Crippen molar-refractivity contribution in [1.29, 1.82) is 0 Å². The van der Waals surface area contributed by atoms with E-state index in [1.807, 2.05) is 30.3 Å². The first-order valence-electron chi connectivity index (χ1n) is 6.78. The number of hydrogen-bond donors (Lipinski definition) is 3. The molecule has 0 atom stereocenters. The molecule has 0 radical (unpaired) electrons. The molecule has 0 bridgehead atoms. The van der Waals surface area contributed by atoms with Crippen LogP contribution in [-0.2, 0) is 0 Å². The number of benzene rings is 3. The van der Waals surface area contributed by atoms with E-state index < -0.39 is 23.4 Å². The van der Waals surface area contributed by atoms with Crippen molar-refractivity contribution in [2.75, 3.05) is 10.6 Å². The summed E-state index contributed by atoms with van der Waals surface area (Å²) in [6.07, 6.45) is 0. The number of phenolic OH excluding ortho intramolecular Hbond substituents is 1. The van der Waals surface area contributed by atoms with Crippen molar-refractivity contribution in [3.63, 3.8) is 0 Å². The van der Waals surface area contributed by atoms with Crippen LogP contribution in [0.3, 0.4) is 0 Å². The van der Waals surface area contributed by atoms with Crippen molar-refractivity contribution in [1.82, 2.24) is 0 Å². The lowest BCUT2D eigenvalue weighted by atomic mass is 10.1. The topological polar surface area (TPSA) is 61.4 Å². The minimum atomic E-state index is -1.15. The lowest BCUT2D eigenvalue weighted by molar-refractivity contribution is 0.262. The molecule has 3 aromatic carbocycles. The van der Waals surface area contributed by atoms with Gasteiger partial charge >= 0.3 is 6.03 Å². The second-order valence-corrected chi connectivity index (χ2v) is 4.89. The number of carbonyl (C=O) groups is 1. The Labute approximate surface area is 130 Å². The van der Waals surface area contributed by atoms with E-state index in [-0.39, 0.29) is 5.69 Å². The van der Waals surface area contributed by atoms with Gasteiger partial charge in [0.25, 0.3) is 0 Å². The van der Waals surface area contributed by atoms with Gasteiger partial charge in [0.1, 0.15) is 0 Å². The van der Waals surface area contributed by atoms with Crippen LogP contribution in [-0.4, -0.2) is 11.1 Å². The van der Waals surface area contributed by atoms with E-state index in [0.717, 1.165) is 22.9 Å². The molecule has 116 valence electrons. The predicted molar refractivity (Wildman–Crippen MR) is 84.6 cm³/mol. The summed E-state index contributed by atoms with van der Waals surface area (Å²) in [6, 6.07) is 13.9. The van der Waals surface area contributed by atoms with Gasteiger partial charge in [-0.2, -0.15) is 0 Å². The van der Waals surface area contributed by atoms with Crippen LogP contribution >= 0.6 is 0 Å². The first-order valence-corrected chi connectivity index (χ1v) is 6.78. The minimum absolute atomic E-state index is 0.101. The van der Waals surface area contributed by atoms with E-state index in [9.17, 15) is 13.6 Å². The van der Waals surface area contributed by atoms with Gasteiger partial charge in [-0.25, -0.2) is 13.6 Å². The molecule has 3 N–H and O–H groups in total. The normalized spacial score (nSPS) is 10.5. The van der Waals surface area contributed by atoms with E-state index in [1.165, 1.54) is 0 Å². The second-order valence-electron chi connectivity index (χ2n) is 4.89. The number of nitrogens with one attached hydrogen (secondary N) is 2. The molecule has 0 saturated carbocycles. The van der Waals surface area contributed by atoms with Crippen LogP contribution in [0.4, 0.5) is 25.0 Å². The van der Waals surface area contributed by atoms with Crippen LogP contribution in [0.2, 0.25) is 0 Å². The van der Waals surface area contributed by atoms with Gasteiger partial charge in [0.2, 0.25) is 0 Å². The summed E-state index contributed by atoms with van der Waals surface area (Å²) < 4.78 is 26.5. The molecule has 3 rings (SSSR count). The second kappa shape index (κ2) is 5.92. The quantitative estimate of drug-likeness (QED) is 0.611. The summed E-state index contributed by atoms with van der Waals surface area (Å²) >= 11 is 0. The van der Waals surface area contributed by atoms with Gasteiger partial charge in [-0.15, -0.1) is 0 Å².